The Balaban J connectivity index is 0.00000196. The molecule has 1 N–H and O–H groups in total. The van der Waals surface area contributed by atoms with Crippen molar-refractivity contribution in [2.75, 3.05) is 0 Å². The van der Waals surface area contributed by atoms with Crippen molar-refractivity contribution in [3.05, 3.63) is 35.9 Å². The molecule has 0 bridgehead atoms. The molecule has 3 nitrogen and oxygen atoms in total. The minimum atomic E-state index is -0.546. The first kappa shape index (κ1) is 12.4. The largest absolute Gasteiger partial charge is 0.540 e. The zero-order valence-electron chi connectivity index (χ0n) is 8.69. The number of nitrogens with one attached hydrogen (secondary N) is 1. The number of carbonyl (C=O) groups is 1. The smallest absolute Gasteiger partial charge is 0.214 e. The molecular weight excluding hydrogens is 445 g/mol. The van der Waals surface area contributed by atoms with Gasteiger partial charge in [0.2, 0.25) is 5.91 Å². The van der Waals surface area contributed by atoms with Crippen LogP contribution in [0.15, 0.2) is 30.3 Å². The van der Waals surface area contributed by atoms with Crippen molar-refractivity contribution in [2.24, 2.45) is 0 Å². The average molecular weight is 457 g/mol. The molecule has 0 saturated carbocycles. The van der Waals surface area contributed by atoms with E-state index in [-0.39, 0.29) is 5.91 Å². The molecule has 1 rings (SSSR count). The van der Waals surface area contributed by atoms with Crippen LogP contribution < -0.4 is 5.32 Å². The Morgan fingerprint density at radius 1 is 1.40 bits per heavy atom. The first-order chi connectivity index (χ1) is 6.72. The van der Waals surface area contributed by atoms with Crippen molar-refractivity contribution in [2.45, 2.75) is 19.4 Å². The number of amides is 1. The van der Waals surface area contributed by atoms with Gasteiger partial charge in [0, 0.05) is 6.92 Å². The van der Waals surface area contributed by atoms with Crippen molar-refractivity contribution < 1.29 is 9.59 Å². The minimum absolute atomic E-state index is 0. The number of rotatable bonds is 4. The number of benzene rings is 1. The van der Waals surface area contributed by atoms with Crippen LogP contribution >= 0.6 is 0 Å². The molecule has 15 heavy (non-hydrogen) atoms. The second-order valence-electron chi connectivity index (χ2n) is 3.06. The van der Waals surface area contributed by atoms with Gasteiger partial charge in [-0.2, -0.15) is 0 Å². The molecule has 0 radical (unpaired) electrons. The van der Waals surface area contributed by atoms with E-state index in [1.54, 1.807) is 6.29 Å². The Morgan fingerprint density at radius 2 is 2.00 bits per heavy atom. The monoisotopic (exact) mass is 457 g/mol. The molecule has 76 valence electrons. The van der Waals surface area contributed by atoms with Crippen LogP contribution in [0.1, 0.15) is 12.5 Å². The van der Waals surface area contributed by atoms with E-state index in [9.17, 15) is 9.59 Å². The summed E-state index contributed by atoms with van der Waals surface area (Å²) in [6.07, 6.45) is 2.29. The van der Waals surface area contributed by atoms with E-state index < -0.39 is 6.04 Å². The summed E-state index contributed by atoms with van der Waals surface area (Å²) in [5.41, 5.74) is 1.01. The van der Waals surface area contributed by atoms with Gasteiger partial charge in [0.15, 0.2) is 0 Å². The summed E-state index contributed by atoms with van der Waals surface area (Å²) in [7, 11) is 0. The van der Waals surface area contributed by atoms with Crippen LogP contribution in [0.25, 0.3) is 0 Å². The van der Waals surface area contributed by atoms with Crippen molar-refractivity contribution in [3.8, 4) is 0 Å². The second kappa shape index (κ2) is 5.91. The van der Waals surface area contributed by atoms with Gasteiger partial charge >= 0.3 is 0 Å². The van der Waals surface area contributed by atoms with E-state index in [0.29, 0.717) is 6.42 Å². The van der Waals surface area contributed by atoms with Crippen molar-refractivity contribution >= 4 is 12.2 Å². The first-order valence-corrected chi connectivity index (χ1v) is 4.41. The Morgan fingerprint density at radius 3 is 2.47 bits per heavy atom. The van der Waals surface area contributed by atoms with Crippen LogP contribution in [0.4, 0.5) is 0 Å². The van der Waals surface area contributed by atoms with E-state index in [4.69, 9.17) is 0 Å². The standard InChI is InChI=1S/C11H12NO2.Rf/c1-9(14)12-11(8-13)7-10-5-3-2-4-6-10;/h2-6,11H,7H2,1H3,(H,12,14);/q-1;/t11-;/m0./s1. The van der Waals surface area contributed by atoms with E-state index in [1.807, 2.05) is 30.3 Å². The Labute approximate surface area is 83.1 Å². The van der Waals surface area contributed by atoms with Crippen molar-refractivity contribution in [1.29, 1.82) is 0 Å². The molecule has 4 heteroatoms. The summed E-state index contributed by atoms with van der Waals surface area (Å²) in [6, 6.07) is 8.96. The maximum atomic E-state index is 10.7. The zero-order chi connectivity index (χ0) is 10.4. The fourth-order valence-electron chi connectivity index (χ4n) is 1.22. The molecule has 0 fully saturated rings. The van der Waals surface area contributed by atoms with Gasteiger partial charge in [0.05, 0.1) is 0 Å². The molecule has 1 amide bonds. The molecule has 0 aromatic heterocycles. The third kappa shape index (κ3) is 4.22. The van der Waals surface area contributed by atoms with Crippen molar-refractivity contribution in [3.63, 3.8) is 0 Å². The van der Waals surface area contributed by atoms with Crippen LogP contribution in [0.2, 0.25) is 0 Å². The van der Waals surface area contributed by atoms with E-state index in [1.165, 1.54) is 6.92 Å². The summed E-state index contributed by atoms with van der Waals surface area (Å²) in [5, 5.41) is 2.52. The van der Waals surface area contributed by atoms with Gasteiger partial charge in [-0.15, -0.1) is 0 Å². The summed E-state index contributed by atoms with van der Waals surface area (Å²) >= 11 is 0. The summed E-state index contributed by atoms with van der Waals surface area (Å²) in [4.78, 5) is 21.2. The number of hydrogen-bond donors (Lipinski definition) is 1. The van der Waals surface area contributed by atoms with Crippen LogP contribution in [-0.4, -0.2) is 18.2 Å². The second-order valence-corrected chi connectivity index (χ2v) is 3.06. The van der Waals surface area contributed by atoms with Gasteiger partial charge in [0.1, 0.15) is 0 Å². The van der Waals surface area contributed by atoms with E-state index >= 15 is 0 Å². The summed E-state index contributed by atoms with van der Waals surface area (Å²) < 4.78 is 0. The van der Waals surface area contributed by atoms with Gasteiger partial charge in [-0.05, 0) is 12.0 Å². The maximum absolute atomic E-state index is 10.7. The topological polar surface area (TPSA) is 46.2 Å². The van der Waals surface area contributed by atoms with Crippen LogP contribution in [0.5, 0.6) is 0 Å². The summed E-state index contributed by atoms with van der Waals surface area (Å²) in [6.45, 7) is 1.38. The third-order valence-corrected chi connectivity index (χ3v) is 1.80. The quantitative estimate of drug-likeness (QED) is 0.682. The number of carbonyl (C=O) groups excluding carboxylic acids is 2. The predicted molar refractivity (Wildman–Crippen MR) is 53.4 cm³/mol. The molecule has 0 aliphatic carbocycles. The molecule has 0 aliphatic heterocycles. The average Bonchev–Trinajstić information content (AvgIpc) is 2.17. The molecule has 0 spiro atoms. The summed E-state index contributed by atoms with van der Waals surface area (Å²) in [5.74, 6) is -0.214. The third-order valence-electron chi connectivity index (χ3n) is 1.80. The van der Waals surface area contributed by atoms with Gasteiger partial charge in [-0.25, -0.2) is 6.29 Å². The first-order valence-electron chi connectivity index (χ1n) is 4.41. The van der Waals surface area contributed by atoms with Gasteiger partial charge in [-0.3, -0.25) is 4.79 Å². The molecule has 0 heterocycles. The van der Waals surface area contributed by atoms with E-state index in [2.05, 4.69) is 5.32 Å². The van der Waals surface area contributed by atoms with Crippen LogP contribution in [0.3, 0.4) is 0 Å². The number of hydrogen-bond acceptors (Lipinski definition) is 2. The maximum Gasteiger partial charge on any atom is 0.214 e. The fraction of sp³-hybridized carbons (Fsp3) is 0.273. The zero-order valence-corrected chi connectivity index (χ0v) is 15.1. The molecule has 1 atom stereocenters. The van der Waals surface area contributed by atoms with Gasteiger partial charge in [0.25, 0.3) is 0 Å². The fourth-order valence-corrected chi connectivity index (χ4v) is 1.22. The minimum Gasteiger partial charge on any atom is -0.540 e. The van der Waals surface area contributed by atoms with Crippen molar-refractivity contribution in [1.82, 2.24) is 5.32 Å². The Kier molecular flexibility index (Phi) is 4.87. The Hall–Kier alpha value is -2.64. The molecule has 0 aliphatic rings. The molecule has 1 aromatic rings. The normalized spacial score (nSPS) is 11.0. The predicted octanol–water partition coefficient (Wildman–Crippen LogP) is 0.843. The SMILES string of the molecule is CC(=O)N[C@H]([C-]=O)Cc1ccccc1.[Rf]. The molecule has 0 unspecified atom stereocenters. The van der Waals surface area contributed by atoms with Crippen LogP contribution in [0, 0.1) is 0 Å². The molecular formula is C11H12NO2Rf-. The molecule has 0 saturated heterocycles. The van der Waals surface area contributed by atoms with Gasteiger partial charge < -0.3 is 10.1 Å². The van der Waals surface area contributed by atoms with E-state index in [0.717, 1.165) is 5.56 Å². The van der Waals surface area contributed by atoms with Gasteiger partial charge in [-0.1, -0.05) is 36.4 Å². The van der Waals surface area contributed by atoms with Crippen LogP contribution in [-0.2, 0) is 16.0 Å². The molecule has 1 aromatic carbocycles. The Bertz CT molecular complexity index is 314.